The van der Waals surface area contributed by atoms with Crippen molar-refractivity contribution in [1.82, 2.24) is 9.97 Å². The fourth-order valence-corrected chi connectivity index (χ4v) is 2.58. The molecule has 2 heterocycles. The summed E-state index contributed by atoms with van der Waals surface area (Å²) in [4.78, 5) is 10.8. The maximum atomic E-state index is 9.13. The summed E-state index contributed by atoms with van der Waals surface area (Å²) >= 11 is 0. The maximum absolute atomic E-state index is 9.13. The van der Waals surface area contributed by atoms with Crippen molar-refractivity contribution in [2.24, 2.45) is 0 Å². The van der Waals surface area contributed by atoms with Gasteiger partial charge in [-0.3, -0.25) is 4.98 Å². The van der Waals surface area contributed by atoms with E-state index in [1.165, 1.54) is 11.1 Å². The van der Waals surface area contributed by atoms with Crippen LogP contribution in [0.3, 0.4) is 0 Å². The molecule has 0 amide bonds. The molecule has 0 atom stereocenters. The Balaban J connectivity index is 1.94. The molecule has 0 aliphatic carbocycles. The highest BCUT2D eigenvalue weighted by molar-refractivity contribution is 5.44. The van der Waals surface area contributed by atoms with Crippen molar-refractivity contribution in [3.05, 3.63) is 89.4 Å². The third kappa shape index (κ3) is 3.76. The van der Waals surface area contributed by atoms with Crippen LogP contribution in [0.1, 0.15) is 22.4 Å². The lowest BCUT2D eigenvalue weighted by Crippen LogP contribution is -2.23. The predicted molar refractivity (Wildman–Crippen MR) is 94.3 cm³/mol. The number of anilines is 1. The van der Waals surface area contributed by atoms with Crippen LogP contribution in [0.15, 0.2) is 67.0 Å². The van der Waals surface area contributed by atoms with Crippen LogP contribution in [-0.2, 0) is 13.1 Å². The van der Waals surface area contributed by atoms with Crippen molar-refractivity contribution in [2.45, 2.75) is 20.0 Å². The maximum Gasteiger partial charge on any atom is 0.142 e. The summed E-state index contributed by atoms with van der Waals surface area (Å²) in [5.74, 6) is 0.793. The summed E-state index contributed by atoms with van der Waals surface area (Å²) < 4.78 is 0. The molecule has 0 unspecified atom stereocenters. The Labute approximate surface area is 142 Å². The summed E-state index contributed by atoms with van der Waals surface area (Å²) in [7, 11) is 0. The minimum absolute atomic E-state index is 0.425. The molecule has 0 bridgehead atoms. The van der Waals surface area contributed by atoms with Gasteiger partial charge in [0.2, 0.25) is 0 Å². The average Bonchev–Trinajstić information content (AvgIpc) is 2.64. The number of aryl methyl sites for hydroxylation is 1. The molecule has 0 aliphatic rings. The Morgan fingerprint density at radius 3 is 2.62 bits per heavy atom. The van der Waals surface area contributed by atoms with Gasteiger partial charge in [0.1, 0.15) is 17.6 Å². The molecule has 0 saturated carbocycles. The third-order valence-corrected chi connectivity index (χ3v) is 3.89. The van der Waals surface area contributed by atoms with Crippen LogP contribution in [0.25, 0.3) is 0 Å². The van der Waals surface area contributed by atoms with E-state index in [4.69, 9.17) is 5.26 Å². The Hall–Kier alpha value is -3.19. The smallest absolute Gasteiger partial charge is 0.142 e. The van der Waals surface area contributed by atoms with Crippen LogP contribution in [0.5, 0.6) is 0 Å². The highest BCUT2D eigenvalue weighted by Crippen LogP contribution is 2.20. The monoisotopic (exact) mass is 314 g/mol. The predicted octanol–water partition coefficient (Wildman–Crippen LogP) is 3.86. The topological polar surface area (TPSA) is 52.8 Å². The van der Waals surface area contributed by atoms with E-state index < -0.39 is 0 Å². The number of benzene rings is 1. The van der Waals surface area contributed by atoms with Gasteiger partial charge in [0, 0.05) is 25.5 Å². The molecule has 0 spiro atoms. The van der Waals surface area contributed by atoms with Crippen LogP contribution < -0.4 is 4.90 Å². The molecule has 4 heteroatoms. The fraction of sp³-hybridized carbons (Fsp3) is 0.150. The molecule has 0 fully saturated rings. The Morgan fingerprint density at radius 1 is 1.00 bits per heavy atom. The number of hydrogen-bond donors (Lipinski definition) is 0. The van der Waals surface area contributed by atoms with Gasteiger partial charge in [-0.25, -0.2) is 4.98 Å². The minimum atomic E-state index is 0.425. The first-order valence-electron chi connectivity index (χ1n) is 7.82. The Kier molecular flexibility index (Phi) is 4.83. The van der Waals surface area contributed by atoms with E-state index in [2.05, 4.69) is 40.0 Å². The number of hydrogen-bond acceptors (Lipinski definition) is 4. The quantitative estimate of drug-likeness (QED) is 0.717. The van der Waals surface area contributed by atoms with E-state index in [9.17, 15) is 0 Å². The van der Waals surface area contributed by atoms with Crippen molar-refractivity contribution in [3.8, 4) is 6.07 Å². The van der Waals surface area contributed by atoms with Gasteiger partial charge >= 0.3 is 0 Å². The van der Waals surface area contributed by atoms with Crippen molar-refractivity contribution in [2.75, 3.05) is 4.90 Å². The van der Waals surface area contributed by atoms with Gasteiger partial charge in [0.15, 0.2) is 0 Å². The van der Waals surface area contributed by atoms with E-state index >= 15 is 0 Å². The van der Waals surface area contributed by atoms with E-state index in [-0.39, 0.29) is 0 Å². The Bertz CT molecular complexity index is 853. The van der Waals surface area contributed by atoms with Crippen LogP contribution >= 0.6 is 0 Å². The highest BCUT2D eigenvalue weighted by atomic mass is 15.2. The van der Waals surface area contributed by atoms with Gasteiger partial charge in [-0.1, -0.05) is 36.4 Å². The number of aromatic nitrogens is 2. The van der Waals surface area contributed by atoms with Gasteiger partial charge in [-0.2, -0.15) is 5.26 Å². The van der Waals surface area contributed by atoms with E-state index in [0.717, 1.165) is 17.9 Å². The molecule has 1 aromatic carbocycles. The summed E-state index contributed by atoms with van der Waals surface area (Å²) in [6, 6.07) is 19.9. The van der Waals surface area contributed by atoms with Gasteiger partial charge in [-0.05, 0) is 41.8 Å². The third-order valence-electron chi connectivity index (χ3n) is 3.89. The molecule has 0 saturated heterocycles. The zero-order valence-corrected chi connectivity index (χ0v) is 13.6. The zero-order valence-electron chi connectivity index (χ0n) is 13.6. The van der Waals surface area contributed by atoms with E-state index in [1.807, 2.05) is 42.6 Å². The summed E-state index contributed by atoms with van der Waals surface area (Å²) in [5, 5.41) is 9.13. The standard InChI is InChI=1S/C20H18N4/c1-16-6-2-3-8-18(16)15-24(14-17-7-5-11-22-13-17)20-10-4-9-19(12-21)23-20/h2-11,13H,14-15H2,1H3. The molecule has 4 nitrogen and oxygen atoms in total. The highest BCUT2D eigenvalue weighted by Gasteiger charge is 2.12. The molecule has 3 aromatic rings. The normalized spacial score (nSPS) is 10.2. The summed E-state index contributed by atoms with van der Waals surface area (Å²) in [5.41, 5.74) is 4.01. The lowest BCUT2D eigenvalue weighted by molar-refractivity contribution is 0.776. The summed E-state index contributed by atoms with van der Waals surface area (Å²) in [6.07, 6.45) is 3.63. The Morgan fingerprint density at radius 2 is 1.88 bits per heavy atom. The largest absolute Gasteiger partial charge is 0.348 e. The summed E-state index contributed by atoms with van der Waals surface area (Å²) in [6.45, 7) is 3.52. The molecule has 24 heavy (non-hydrogen) atoms. The molecule has 118 valence electrons. The van der Waals surface area contributed by atoms with Crippen LogP contribution in [0, 0.1) is 18.3 Å². The molecular weight excluding hydrogens is 296 g/mol. The second-order valence-corrected chi connectivity index (χ2v) is 5.64. The first-order valence-corrected chi connectivity index (χ1v) is 7.82. The van der Waals surface area contributed by atoms with Gasteiger partial charge in [0.25, 0.3) is 0 Å². The number of pyridine rings is 2. The SMILES string of the molecule is Cc1ccccc1CN(Cc1cccnc1)c1cccc(C#N)n1. The zero-order chi connectivity index (χ0) is 16.8. The molecule has 0 N–H and O–H groups in total. The van der Waals surface area contributed by atoms with Gasteiger partial charge < -0.3 is 4.90 Å². The van der Waals surface area contributed by atoms with Crippen LogP contribution in [0.4, 0.5) is 5.82 Å². The first kappa shape index (κ1) is 15.7. The molecule has 2 aromatic heterocycles. The number of nitriles is 1. The van der Waals surface area contributed by atoms with Crippen LogP contribution in [0.2, 0.25) is 0 Å². The number of nitrogens with zero attached hydrogens (tertiary/aromatic N) is 4. The van der Waals surface area contributed by atoms with E-state index in [0.29, 0.717) is 12.2 Å². The first-order chi connectivity index (χ1) is 11.8. The number of rotatable bonds is 5. The lowest BCUT2D eigenvalue weighted by Gasteiger charge is -2.25. The minimum Gasteiger partial charge on any atom is -0.348 e. The fourth-order valence-electron chi connectivity index (χ4n) is 2.58. The second kappa shape index (κ2) is 7.38. The van der Waals surface area contributed by atoms with E-state index in [1.54, 1.807) is 12.3 Å². The molecule has 0 aliphatic heterocycles. The lowest BCUT2D eigenvalue weighted by atomic mass is 10.1. The average molecular weight is 314 g/mol. The van der Waals surface area contributed by atoms with Crippen molar-refractivity contribution < 1.29 is 0 Å². The molecule has 0 radical (unpaired) electrons. The second-order valence-electron chi connectivity index (χ2n) is 5.64. The van der Waals surface area contributed by atoms with Crippen molar-refractivity contribution in [3.63, 3.8) is 0 Å². The van der Waals surface area contributed by atoms with Crippen molar-refractivity contribution in [1.29, 1.82) is 5.26 Å². The van der Waals surface area contributed by atoms with Crippen molar-refractivity contribution >= 4 is 5.82 Å². The molecular formula is C20H18N4. The molecule has 3 rings (SSSR count). The van der Waals surface area contributed by atoms with Gasteiger partial charge in [-0.15, -0.1) is 0 Å². The van der Waals surface area contributed by atoms with Crippen LogP contribution in [-0.4, -0.2) is 9.97 Å². The van der Waals surface area contributed by atoms with Gasteiger partial charge in [0.05, 0.1) is 0 Å².